The van der Waals surface area contributed by atoms with Gasteiger partial charge in [0, 0.05) is 25.8 Å². The fraction of sp³-hybridized carbons (Fsp3) is 0.667. The highest BCUT2D eigenvalue weighted by molar-refractivity contribution is 5.54. The Morgan fingerprint density at radius 2 is 2.18 bits per heavy atom. The summed E-state index contributed by atoms with van der Waals surface area (Å²) >= 11 is 0. The van der Waals surface area contributed by atoms with Crippen LogP contribution in [-0.4, -0.2) is 30.2 Å². The van der Waals surface area contributed by atoms with E-state index in [2.05, 4.69) is 22.2 Å². The lowest BCUT2D eigenvalue weighted by Crippen LogP contribution is -2.10. The number of nitrogens with two attached hydrogens (primary N) is 1. The number of nitrogens with zero attached hydrogens (tertiary/aromatic N) is 2. The van der Waals surface area contributed by atoms with Gasteiger partial charge in [-0.25, -0.2) is 9.97 Å². The highest BCUT2D eigenvalue weighted by Gasteiger charge is 2.07. The molecule has 0 aliphatic heterocycles. The van der Waals surface area contributed by atoms with E-state index < -0.39 is 0 Å². The lowest BCUT2D eigenvalue weighted by Gasteiger charge is -2.11. The Morgan fingerprint density at radius 1 is 1.35 bits per heavy atom. The third-order valence-corrected chi connectivity index (χ3v) is 2.55. The average molecular weight is 238 g/mol. The molecule has 1 aromatic rings. The maximum atomic E-state index is 5.85. The molecule has 3 N–H and O–H groups in total. The van der Waals surface area contributed by atoms with Gasteiger partial charge in [0.05, 0.1) is 0 Å². The van der Waals surface area contributed by atoms with Crippen molar-refractivity contribution in [2.24, 2.45) is 0 Å². The van der Waals surface area contributed by atoms with Crippen LogP contribution in [0.15, 0.2) is 6.33 Å². The first-order valence-electron chi connectivity index (χ1n) is 6.11. The summed E-state index contributed by atoms with van der Waals surface area (Å²) in [7, 11) is 1.72. The zero-order valence-corrected chi connectivity index (χ0v) is 10.7. The summed E-state index contributed by atoms with van der Waals surface area (Å²) in [5.41, 5.74) is 6.88. The van der Waals surface area contributed by atoms with Crippen LogP contribution in [0.4, 0.5) is 11.6 Å². The van der Waals surface area contributed by atoms with Crippen molar-refractivity contribution in [3.05, 3.63) is 11.9 Å². The maximum Gasteiger partial charge on any atom is 0.134 e. The van der Waals surface area contributed by atoms with Gasteiger partial charge in [0.25, 0.3) is 0 Å². The van der Waals surface area contributed by atoms with E-state index in [0.29, 0.717) is 5.82 Å². The quantitative estimate of drug-likeness (QED) is 0.676. The van der Waals surface area contributed by atoms with Crippen LogP contribution in [-0.2, 0) is 11.2 Å². The Hall–Kier alpha value is -1.36. The summed E-state index contributed by atoms with van der Waals surface area (Å²) in [5.74, 6) is 1.46. The molecule has 1 heterocycles. The molecule has 0 atom stereocenters. The molecule has 5 nitrogen and oxygen atoms in total. The number of ether oxygens (including phenoxy) is 1. The molecule has 96 valence electrons. The SMILES string of the molecule is CCCc1c(N)ncnc1NCCCCOC. The summed E-state index contributed by atoms with van der Waals surface area (Å²) in [6.45, 7) is 3.81. The second kappa shape index (κ2) is 7.84. The number of anilines is 2. The predicted octanol–water partition coefficient (Wildman–Crippen LogP) is 1.85. The number of unbranched alkanes of at least 4 members (excludes halogenated alkanes) is 1. The van der Waals surface area contributed by atoms with Crippen molar-refractivity contribution in [1.29, 1.82) is 0 Å². The van der Waals surface area contributed by atoms with Crippen molar-refractivity contribution in [2.75, 3.05) is 31.3 Å². The second-order valence-electron chi connectivity index (χ2n) is 3.96. The molecule has 1 rings (SSSR count). The third-order valence-electron chi connectivity index (χ3n) is 2.55. The van der Waals surface area contributed by atoms with Gasteiger partial charge in [0.2, 0.25) is 0 Å². The van der Waals surface area contributed by atoms with Gasteiger partial charge in [0.15, 0.2) is 0 Å². The van der Waals surface area contributed by atoms with E-state index in [1.54, 1.807) is 7.11 Å². The predicted molar refractivity (Wildman–Crippen MR) is 70.0 cm³/mol. The smallest absolute Gasteiger partial charge is 0.134 e. The normalized spacial score (nSPS) is 10.5. The first-order valence-corrected chi connectivity index (χ1v) is 6.11. The van der Waals surface area contributed by atoms with E-state index in [4.69, 9.17) is 10.5 Å². The molecule has 5 heteroatoms. The maximum absolute atomic E-state index is 5.85. The molecule has 0 bridgehead atoms. The number of aromatic nitrogens is 2. The van der Waals surface area contributed by atoms with Crippen LogP contribution in [0.5, 0.6) is 0 Å². The summed E-state index contributed by atoms with van der Waals surface area (Å²) in [6, 6.07) is 0. The lowest BCUT2D eigenvalue weighted by molar-refractivity contribution is 0.194. The van der Waals surface area contributed by atoms with Crippen LogP contribution < -0.4 is 11.1 Å². The van der Waals surface area contributed by atoms with Gasteiger partial charge in [-0.1, -0.05) is 13.3 Å². The highest BCUT2D eigenvalue weighted by atomic mass is 16.5. The molecular weight excluding hydrogens is 216 g/mol. The first-order chi connectivity index (χ1) is 8.29. The van der Waals surface area contributed by atoms with E-state index in [9.17, 15) is 0 Å². The lowest BCUT2D eigenvalue weighted by atomic mass is 10.1. The molecule has 0 amide bonds. The van der Waals surface area contributed by atoms with Crippen molar-refractivity contribution in [3.63, 3.8) is 0 Å². The molecule has 0 aliphatic carbocycles. The summed E-state index contributed by atoms with van der Waals surface area (Å²) in [4.78, 5) is 8.27. The molecule has 0 unspecified atom stereocenters. The summed E-state index contributed by atoms with van der Waals surface area (Å²) < 4.78 is 5.00. The van der Waals surface area contributed by atoms with Gasteiger partial charge in [0.1, 0.15) is 18.0 Å². The van der Waals surface area contributed by atoms with Crippen LogP contribution in [0, 0.1) is 0 Å². The van der Waals surface area contributed by atoms with Crippen LogP contribution in [0.1, 0.15) is 31.7 Å². The van der Waals surface area contributed by atoms with E-state index in [1.807, 2.05) is 0 Å². The highest BCUT2D eigenvalue weighted by Crippen LogP contribution is 2.18. The zero-order valence-electron chi connectivity index (χ0n) is 10.7. The van der Waals surface area contributed by atoms with Crippen LogP contribution in [0.3, 0.4) is 0 Å². The molecule has 0 fully saturated rings. The third kappa shape index (κ3) is 4.56. The molecule has 17 heavy (non-hydrogen) atoms. The van der Waals surface area contributed by atoms with Gasteiger partial charge < -0.3 is 15.8 Å². The van der Waals surface area contributed by atoms with Crippen molar-refractivity contribution in [1.82, 2.24) is 9.97 Å². The number of nitrogen functional groups attached to an aromatic ring is 1. The number of rotatable bonds is 8. The molecule has 0 aliphatic rings. The topological polar surface area (TPSA) is 73.1 Å². The molecule has 1 aromatic heterocycles. The van der Waals surface area contributed by atoms with Gasteiger partial charge in [-0.3, -0.25) is 0 Å². The molecule has 0 radical (unpaired) electrons. The molecule has 0 saturated heterocycles. The standard InChI is InChI=1S/C12H22N4O/c1-3-6-10-11(13)15-9-16-12(10)14-7-4-5-8-17-2/h9H,3-8H2,1-2H3,(H3,13,14,15,16). The van der Waals surface area contributed by atoms with Gasteiger partial charge in [-0.05, 0) is 19.3 Å². The Labute approximate surface area is 103 Å². The van der Waals surface area contributed by atoms with Crippen molar-refractivity contribution >= 4 is 11.6 Å². The average Bonchev–Trinajstić information content (AvgIpc) is 2.33. The molecular formula is C12H22N4O. The number of nitrogens with one attached hydrogen (secondary N) is 1. The van der Waals surface area contributed by atoms with Gasteiger partial charge >= 0.3 is 0 Å². The molecule has 0 spiro atoms. The number of hydrogen-bond donors (Lipinski definition) is 2. The minimum absolute atomic E-state index is 0.584. The fourth-order valence-electron chi connectivity index (χ4n) is 1.65. The van der Waals surface area contributed by atoms with Gasteiger partial charge in [-0.2, -0.15) is 0 Å². The van der Waals surface area contributed by atoms with Crippen LogP contribution in [0.2, 0.25) is 0 Å². The summed E-state index contributed by atoms with van der Waals surface area (Å²) in [5, 5.41) is 3.31. The first kappa shape index (κ1) is 13.7. The Kier molecular flexibility index (Phi) is 6.32. The zero-order chi connectivity index (χ0) is 12.5. The van der Waals surface area contributed by atoms with E-state index in [0.717, 1.165) is 50.2 Å². The monoisotopic (exact) mass is 238 g/mol. The number of methoxy groups -OCH3 is 1. The second-order valence-corrected chi connectivity index (χ2v) is 3.96. The van der Waals surface area contributed by atoms with Crippen molar-refractivity contribution in [2.45, 2.75) is 32.6 Å². The molecule has 0 saturated carbocycles. The van der Waals surface area contributed by atoms with Crippen LogP contribution in [0.25, 0.3) is 0 Å². The minimum Gasteiger partial charge on any atom is -0.385 e. The van der Waals surface area contributed by atoms with Crippen molar-refractivity contribution in [3.8, 4) is 0 Å². The largest absolute Gasteiger partial charge is 0.385 e. The van der Waals surface area contributed by atoms with Gasteiger partial charge in [-0.15, -0.1) is 0 Å². The summed E-state index contributed by atoms with van der Waals surface area (Å²) in [6.07, 6.45) is 5.56. The Bertz CT molecular complexity index is 330. The Morgan fingerprint density at radius 3 is 2.88 bits per heavy atom. The van der Waals surface area contributed by atoms with E-state index in [1.165, 1.54) is 6.33 Å². The van der Waals surface area contributed by atoms with E-state index in [-0.39, 0.29) is 0 Å². The molecule has 0 aromatic carbocycles. The van der Waals surface area contributed by atoms with Crippen LogP contribution >= 0.6 is 0 Å². The number of hydrogen-bond acceptors (Lipinski definition) is 5. The fourth-order valence-corrected chi connectivity index (χ4v) is 1.65. The van der Waals surface area contributed by atoms with E-state index >= 15 is 0 Å². The minimum atomic E-state index is 0.584. The Balaban J connectivity index is 2.48. The van der Waals surface area contributed by atoms with Crippen molar-refractivity contribution < 1.29 is 4.74 Å².